The Balaban J connectivity index is 1.73. The van der Waals surface area contributed by atoms with Gasteiger partial charge in [-0.25, -0.2) is 0 Å². The molecular weight excluding hydrogens is 401 g/mol. The van der Waals surface area contributed by atoms with Crippen molar-refractivity contribution in [3.63, 3.8) is 0 Å². The third-order valence-electron chi connectivity index (χ3n) is 5.55. The van der Waals surface area contributed by atoms with Gasteiger partial charge in [0.15, 0.2) is 0 Å². The smallest absolute Gasteiger partial charge is 0.0595 e. The maximum Gasteiger partial charge on any atom is 0.0595 e. The lowest BCUT2D eigenvalue weighted by atomic mass is 9.92. The Labute approximate surface area is 185 Å². The Morgan fingerprint density at radius 1 is 1.14 bits per heavy atom. The third kappa shape index (κ3) is 6.96. The highest BCUT2D eigenvalue weighted by Crippen LogP contribution is 2.30. The second-order valence-electron chi connectivity index (χ2n) is 9.35. The predicted octanol–water partition coefficient (Wildman–Crippen LogP) is 6.51. The number of hydrogen-bond donors (Lipinski definition) is 1. The van der Waals surface area contributed by atoms with E-state index >= 15 is 0 Å². The number of benzene rings is 1. The van der Waals surface area contributed by atoms with Crippen LogP contribution in [0.5, 0.6) is 0 Å². The quantitative estimate of drug-likeness (QED) is 0.538. The summed E-state index contributed by atoms with van der Waals surface area (Å²) in [6.45, 7) is 9.81. The number of rotatable bonds is 7. The maximum atomic E-state index is 6.25. The topological polar surface area (TPSA) is 28.2 Å². The van der Waals surface area contributed by atoms with Gasteiger partial charge in [-0.1, -0.05) is 62.5 Å². The molecule has 0 spiro atoms. The Morgan fingerprint density at radius 3 is 2.66 bits per heavy atom. The zero-order valence-corrected chi connectivity index (χ0v) is 19.3. The third-order valence-corrected chi connectivity index (χ3v) is 6.29. The Bertz CT molecular complexity index is 773. The molecule has 1 aliphatic heterocycles. The van der Waals surface area contributed by atoms with Crippen LogP contribution in [0.4, 0.5) is 0 Å². The van der Waals surface area contributed by atoms with Gasteiger partial charge in [-0.05, 0) is 61.1 Å². The number of piperidine rings is 1. The number of pyridine rings is 1. The van der Waals surface area contributed by atoms with E-state index in [1.54, 1.807) is 0 Å². The van der Waals surface area contributed by atoms with Crippen molar-refractivity contribution < 1.29 is 0 Å². The average Bonchev–Trinajstić information content (AvgIpc) is 2.69. The van der Waals surface area contributed by atoms with Gasteiger partial charge in [0.2, 0.25) is 0 Å². The van der Waals surface area contributed by atoms with Crippen LogP contribution < -0.4 is 5.32 Å². The molecule has 0 amide bonds. The van der Waals surface area contributed by atoms with Gasteiger partial charge in [0.05, 0.1) is 21.8 Å². The zero-order chi connectivity index (χ0) is 20.9. The fourth-order valence-corrected chi connectivity index (χ4v) is 4.32. The molecule has 0 aliphatic carbocycles. The van der Waals surface area contributed by atoms with Gasteiger partial charge >= 0.3 is 0 Å². The fraction of sp³-hybridized carbons (Fsp3) is 0.542. The molecule has 2 heterocycles. The largest absolute Gasteiger partial charge is 0.308 e. The molecule has 1 saturated heterocycles. The lowest BCUT2D eigenvalue weighted by Crippen LogP contribution is -2.42. The molecule has 1 fully saturated rings. The minimum atomic E-state index is 0.235. The van der Waals surface area contributed by atoms with Crippen LogP contribution in [0, 0.1) is 5.41 Å². The Hall–Kier alpha value is -1.13. The van der Waals surface area contributed by atoms with Crippen molar-refractivity contribution >= 4 is 23.2 Å². The van der Waals surface area contributed by atoms with E-state index in [9.17, 15) is 0 Å². The van der Waals surface area contributed by atoms with E-state index in [0.717, 1.165) is 31.7 Å². The number of nitrogens with zero attached hydrogens (tertiary/aromatic N) is 2. The number of likely N-dealkylation sites (tertiary alicyclic amines) is 1. The van der Waals surface area contributed by atoms with E-state index in [1.165, 1.54) is 24.8 Å². The molecule has 2 aromatic rings. The zero-order valence-electron chi connectivity index (χ0n) is 17.8. The van der Waals surface area contributed by atoms with Crippen LogP contribution in [0.2, 0.25) is 10.0 Å². The molecule has 0 unspecified atom stereocenters. The van der Waals surface area contributed by atoms with E-state index in [2.05, 4.69) is 54.2 Å². The van der Waals surface area contributed by atoms with Crippen molar-refractivity contribution in [2.75, 3.05) is 13.1 Å². The molecule has 5 heteroatoms. The summed E-state index contributed by atoms with van der Waals surface area (Å²) in [6, 6.07) is 13.0. The van der Waals surface area contributed by atoms with Gasteiger partial charge < -0.3 is 5.32 Å². The summed E-state index contributed by atoms with van der Waals surface area (Å²) in [5.74, 6) is 0. The van der Waals surface area contributed by atoms with Gasteiger partial charge in [-0.3, -0.25) is 9.88 Å². The summed E-state index contributed by atoms with van der Waals surface area (Å²) in [7, 11) is 0. The fourth-order valence-electron chi connectivity index (χ4n) is 4.00. The van der Waals surface area contributed by atoms with Crippen molar-refractivity contribution in [1.29, 1.82) is 0 Å². The van der Waals surface area contributed by atoms with E-state index in [0.29, 0.717) is 16.1 Å². The highest BCUT2D eigenvalue weighted by Gasteiger charge is 2.27. The minimum absolute atomic E-state index is 0.235. The van der Waals surface area contributed by atoms with Crippen LogP contribution in [0.1, 0.15) is 63.8 Å². The van der Waals surface area contributed by atoms with Gasteiger partial charge in [0.1, 0.15) is 0 Å². The summed E-state index contributed by atoms with van der Waals surface area (Å²) in [6.07, 6.45) is 6.73. The van der Waals surface area contributed by atoms with Crippen molar-refractivity contribution in [3.8, 4) is 0 Å². The highest BCUT2D eigenvalue weighted by molar-refractivity contribution is 6.42. The van der Waals surface area contributed by atoms with Crippen LogP contribution in [-0.4, -0.2) is 29.0 Å². The van der Waals surface area contributed by atoms with Crippen LogP contribution in [0.15, 0.2) is 42.6 Å². The summed E-state index contributed by atoms with van der Waals surface area (Å²) in [4.78, 5) is 7.27. The first kappa shape index (κ1) is 22.6. The number of aromatic nitrogens is 1. The molecule has 3 rings (SSSR count). The second kappa shape index (κ2) is 10.3. The number of hydrogen-bond acceptors (Lipinski definition) is 3. The molecule has 0 radical (unpaired) electrons. The Morgan fingerprint density at radius 2 is 1.97 bits per heavy atom. The molecule has 0 saturated carbocycles. The van der Waals surface area contributed by atoms with Crippen molar-refractivity contribution in [2.24, 2.45) is 5.41 Å². The van der Waals surface area contributed by atoms with Gasteiger partial charge in [0, 0.05) is 25.3 Å². The van der Waals surface area contributed by atoms with Gasteiger partial charge in [-0.2, -0.15) is 0 Å². The van der Waals surface area contributed by atoms with E-state index < -0.39 is 0 Å². The van der Waals surface area contributed by atoms with Gasteiger partial charge in [-0.15, -0.1) is 0 Å². The molecule has 1 aromatic carbocycles. The normalized spacial score (nSPS) is 19.3. The first-order chi connectivity index (χ1) is 13.8. The summed E-state index contributed by atoms with van der Waals surface area (Å²) in [5, 5.41) is 5.05. The van der Waals surface area contributed by atoms with E-state index in [-0.39, 0.29) is 11.5 Å². The van der Waals surface area contributed by atoms with Crippen molar-refractivity contribution in [1.82, 2.24) is 15.2 Å². The van der Waals surface area contributed by atoms with Crippen molar-refractivity contribution in [2.45, 2.75) is 65.1 Å². The molecular formula is C24H33Cl2N3. The van der Waals surface area contributed by atoms with E-state index in [4.69, 9.17) is 23.2 Å². The maximum absolute atomic E-state index is 6.25. The number of halogens is 2. The standard InChI is InChI=1S/C24H33Cl2N3/c1-24(2,3)17-28-23(22-9-4-6-12-27-22)15-19-8-5-7-13-29(19)16-18-10-11-20(25)21(26)14-18/h4,6,9-12,14,19,23,28H,5,7-8,13,15-17H2,1-3H3/t19-,23+/m1/s1. The molecule has 3 nitrogen and oxygen atoms in total. The first-order valence-electron chi connectivity index (χ1n) is 10.6. The summed E-state index contributed by atoms with van der Waals surface area (Å²) in [5.41, 5.74) is 2.60. The lowest BCUT2D eigenvalue weighted by Gasteiger charge is -2.38. The monoisotopic (exact) mass is 433 g/mol. The lowest BCUT2D eigenvalue weighted by molar-refractivity contribution is 0.120. The SMILES string of the molecule is CC(C)(C)CN[C@@H](C[C@H]1CCCCN1Cc1ccc(Cl)c(Cl)c1)c1ccccn1. The van der Waals surface area contributed by atoms with Crippen LogP contribution >= 0.6 is 23.2 Å². The van der Waals surface area contributed by atoms with Crippen LogP contribution in [0.3, 0.4) is 0 Å². The molecule has 1 N–H and O–H groups in total. The predicted molar refractivity (Wildman–Crippen MR) is 124 cm³/mol. The Kier molecular flexibility index (Phi) is 7.98. The molecule has 1 aliphatic rings. The molecule has 158 valence electrons. The second-order valence-corrected chi connectivity index (χ2v) is 10.2. The number of nitrogens with one attached hydrogen (secondary N) is 1. The van der Waals surface area contributed by atoms with Crippen LogP contribution in [0.25, 0.3) is 0 Å². The highest BCUT2D eigenvalue weighted by atomic mass is 35.5. The molecule has 2 atom stereocenters. The van der Waals surface area contributed by atoms with E-state index in [1.807, 2.05) is 24.4 Å². The molecule has 0 bridgehead atoms. The molecule has 29 heavy (non-hydrogen) atoms. The molecule has 1 aromatic heterocycles. The summed E-state index contributed by atoms with van der Waals surface area (Å²) >= 11 is 12.3. The van der Waals surface area contributed by atoms with Crippen LogP contribution in [-0.2, 0) is 6.54 Å². The summed E-state index contributed by atoms with van der Waals surface area (Å²) < 4.78 is 0. The average molecular weight is 434 g/mol. The first-order valence-corrected chi connectivity index (χ1v) is 11.4. The van der Waals surface area contributed by atoms with Crippen molar-refractivity contribution in [3.05, 3.63) is 63.9 Å². The van der Waals surface area contributed by atoms with Gasteiger partial charge in [0.25, 0.3) is 0 Å². The minimum Gasteiger partial charge on any atom is -0.308 e.